The van der Waals surface area contributed by atoms with E-state index in [1.165, 1.54) is 43.3 Å². The van der Waals surface area contributed by atoms with Crippen molar-refractivity contribution >= 4 is 32.9 Å². The van der Waals surface area contributed by atoms with E-state index in [-0.39, 0.29) is 28.8 Å². The molecule has 7 aromatic rings. The molecule has 0 atom stereocenters. The Kier molecular flexibility index (Phi) is 17.0. The van der Waals surface area contributed by atoms with Crippen LogP contribution in [0.5, 0.6) is 0 Å². The second-order valence-corrected chi connectivity index (χ2v) is 18.5. The number of aryl methyl sites for hydroxylation is 2. The zero-order valence-electron chi connectivity index (χ0n) is 32.3. The maximum atomic E-state index is 13.1. The van der Waals surface area contributed by atoms with Crippen LogP contribution in [0.15, 0.2) is 164 Å². The minimum Gasteiger partial charge on any atom is -0.166 e. The molecule has 0 spiro atoms. The van der Waals surface area contributed by atoms with Gasteiger partial charge in [0.1, 0.15) is 0 Å². The average molecular weight is 829 g/mol. The number of allylic oxidation sites excluding steroid dienone is 2. The Morgan fingerprint density at radius 1 is 0.544 bits per heavy atom. The van der Waals surface area contributed by atoms with Crippen LogP contribution in [-0.2, 0) is 31.5 Å². The third kappa shape index (κ3) is 14.1. The van der Waals surface area contributed by atoms with Crippen LogP contribution in [0, 0.1) is 13.8 Å². The summed E-state index contributed by atoms with van der Waals surface area (Å²) in [6.07, 6.45) is -8.91. The molecule has 10 heteroatoms. The SMILES string of the molecule is C=C(C)[O-].C=C(C)[O-].C[Si](=[Ti+2])c1ccccc1.Cc1cc2c(-c3ccccc3C(F)(F)F)cccc2[cH-]1.Cc1cc2c(-c3ccccc3C(F)(F)F)cccc2[cH-]1. The molecule has 0 saturated heterocycles. The number of fused-ring (bicyclic) bond motifs is 2. The number of hydrogen-bond donors (Lipinski definition) is 0. The number of benzene rings is 5. The van der Waals surface area contributed by atoms with Crippen molar-refractivity contribution < 1.29 is 55.7 Å². The summed E-state index contributed by atoms with van der Waals surface area (Å²) >= 11 is 2.31. The van der Waals surface area contributed by atoms with Gasteiger partial charge in [0.25, 0.3) is 0 Å². The zero-order chi connectivity index (χ0) is 42.5. The molecule has 294 valence electrons. The molecule has 0 N–H and O–H groups in total. The Morgan fingerprint density at radius 3 is 1.18 bits per heavy atom. The van der Waals surface area contributed by atoms with Crippen molar-refractivity contribution in [3.05, 3.63) is 186 Å². The fraction of sp³-hybridized carbons (Fsp3) is 0.149. The average Bonchev–Trinajstić information content (AvgIpc) is 3.72. The van der Waals surface area contributed by atoms with E-state index in [4.69, 9.17) is 0 Å². The van der Waals surface area contributed by atoms with E-state index in [1.54, 1.807) is 36.4 Å². The van der Waals surface area contributed by atoms with Crippen molar-refractivity contribution in [2.24, 2.45) is 0 Å². The summed E-state index contributed by atoms with van der Waals surface area (Å²) in [4.78, 5) is 0. The number of hydrogen-bond acceptors (Lipinski definition) is 2. The van der Waals surface area contributed by atoms with Crippen LogP contribution in [0.2, 0.25) is 6.55 Å². The molecule has 7 aromatic carbocycles. The Bertz CT molecular complexity index is 2270. The molecule has 7 rings (SSSR count). The van der Waals surface area contributed by atoms with Gasteiger partial charge in [-0.1, -0.05) is 87.4 Å². The Hall–Kier alpha value is -5.09. The molecule has 0 bridgehead atoms. The molecule has 0 heterocycles. The first-order valence-corrected chi connectivity index (χ1v) is 22.0. The molecule has 0 aliphatic rings. The summed E-state index contributed by atoms with van der Waals surface area (Å²) in [5.41, 5.74) is 2.64. The second-order valence-electron chi connectivity index (χ2n) is 13.2. The van der Waals surface area contributed by atoms with Crippen molar-refractivity contribution in [3.8, 4) is 22.3 Å². The quantitative estimate of drug-likeness (QED) is 0.0771. The van der Waals surface area contributed by atoms with Gasteiger partial charge in [0.2, 0.25) is 0 Å². The monoisotopic (exact) mass is 828 g/mol. The third-order valence-electron chi connectivity index (χ3n) is 8.04. The number of alkyl halides is 6. The van der Waals surface area contributed by atoms with Crippen LogP contribution in [0.1, 0.15) is 36.1 Å². The fourth-order valence-electron chi connectivity index (χ4n) is 5.86. The normalized spacial score (nSPS) is 10.8. The van der Waals surface area contributed by atoms with E-state index >= 15 is 0 Å². The molecule has 0 aromatic heterocycles. The maximum absolute atomic E-state index is 13.1. The molecule has 0 saturated carbocycles. The third-order valence-corrected chi connectivity index (χ3v) is 10.6. The van der Waals surface area contributed by atoms with Gasteiger partial charge in [0.05, 0.1) is 11.1 Å². The molecule has 2 nitrogen and oxygen atoms in total. The van der Waals surface area contributed by atoms with Crippen molar-refractivity contribution in [2.75, 3.05) is 0 Å². The van der Waals surface area contributed by atoms with Crippen molar-refractivity contribution in [3.63, 3.8) is 0 Å². The van der Waals surface area contributed by atoms with Crippen LogP contribution in [0.4, 0.5) is 26.3 Å². The molecule has 0 amide bonds. The van der Waals surface area contributed by atoms with Crippen LogP contribution in [0.25, 0.3) is 43.8 Å². The van der Waals surface area contributed by atoms with Gasteiger partial charge in [-0.25, -0.2) is 0 Å². The topological polar surface area (TPSA) is 46.1 Å². The fourth-order valence-corrected chi connectivity index (χ4v) is 7.33. The van der Waals surface area contributed by atoms with Crippen LogP contribution >= 0.6 is 0 Å². The van der Waals surface area contributed by atoms with Crippen molar-refractivity contribution in [2.45, 2.75) is 46.6 Å². The van der Waals surface area contributed by atoms with E-state index in [2.05, 4.69) is 69.2 Å². The summed E-state index contributed by atoms with van der Waals surface area (Å²) in [6, 6.07) is 40.8. The van der Waals surface area contributed by atoms with Crippen molar-refractivity contribution in [1.82, 2.24) is 0 Å². The van der Waals surface area contributed by atoms with E-state index in [0.29, 0.717) is 11.1 Å². The molecule has 0 aliphatic heterocycles. The molecule has 0 aliphatic carbocycles. The first-order chi connectivity index (χ1) is 26.7. The summed E-state index contributed by atoms with van der Waals surface area (Å²) < 4.78 is 78.8. The Balaban J connectivity index is 0.000000220. The predicted molar refractivity (Wildman–Crippen MR) is 217 cm³/mol. The minimum atomic E-state index is -4.35. The number of halogens is 6. The van der Waals surface area contributed by atoms with Crippen LogP contribution in [0.3, 0.4) is 0 Å². The molecular weight excluding hydrogens is 786 g/mol. The summed E-state index contributed by atoms with van der Waals surface area (Å²) in [7, 11) is 0. The number of rotatable bonds is 3. The molecule has 0 unspecified atom stereocenters. The Labute approximate surface area is 342 Å². The maximum Gasteiger partial charge on any atom is 0.416 e. The largest absolute Gasteiger partial charge is 0.416 e. The van der Waals surface area contributed by atoms with Gasteiger partial charge >= 0.3 is 79.8 Å². The molecule has 0 radical (unpaired) electrons. The van der Waals surface area contributed by atoms with Gasteiger partial charge in [-0.3, -0.25) is 0 Å². The van der Waals surface area contributed by atoms with Gasteiger partial charge in [0, 0.05) is 0 Å². The van der Waals surface area contributed by atoms with E-state index in [1.807, 2.05) is 50.2 Å². The van der Waals surface area contributed by atoms with Gasteiger partial charge < -0.3 is 10.2 Å². The minimum absolute atomic E-state index is 0.0833. The zero-order valence-corrected chi connectivity index (χ0v) is 34.8. The van der Waals surface area contributed by atoms with Crippen LogP contribution in [-0.4, -0.2) is 6.19 Å². The summed E-state index contributed by atoms with van der Waals surface area (Å²) in [5, 5.41) is 23.8. The van der Waals surface area contributed by atoms with Gasteiger partial charge in [0.15, 0.2) is 0 Å². The van der Waals surface area contributed by atoms with E-state index < -0.39 is 23.5 Å². The van der Waals surface area contributed by atoms with Gasteiger partial charge in [-0.2, -0.15) is 38.5 Å². The smallest absolute Gasteiger partial charge is 0.166 e. The first kappa shape index (κ1) is 46.3. The van der Waals surface area contributed by atoms with E-state index in [9.17, 15) is 36.6 Å². The Morgan fingerprint density at radius 2 is 0.860 bits per heavy atom. The second kappa shape index (κ2) is 20.9. The predicted octanol–water partition coefficient (Wildman–Crippen LogP) is 11.9. The van der Waals surface area contributed by atoms with E-state index in [0.717, 1.165) is 44.8 Å². The molecule has 0 fully saturated rings. The standard InChI is InChI=1S/2C17H12F3.C7H8Si.2C3H6O.Ti/c2*1-11-9-12-5-4-7-13(15(12)10-11)14-6-2-3-8-16(14)17(18,19)20;1-8-7-5-3-2-4-6-7;2*1-3(2)4;/h2*2-10H,1H3;2-6H,1H3;2*4H,1H2,2H3;/q2*-1;;;;+2/p-2. The van der Waals surface area contributed by atoms with Gasteiger partial charge in [-0.05, 0) is 23.3 Å². The molecule has 57 heavy (non-hydrogen) atoms. The first-order valence-electron chi connectivity index (χ1n) is 17.6. The van der Waals surface area contributed by atoms with Crippen LogP contribution < -0.4 is 15.4 Å². The summed E-state index contributed by atoms with van der Waals surface area (Å²) in [6.45, 7) is 15.0. The molecular formula is C47H42F6O2SiTi-2. The van der Waals surface area contributed by atoms with Crippen molar-refractivity contribution in [1.29, 1.82) is 0 Å². The van der Waals surface area contributed by atoms with Gasteiger partial charge in [-0.15, -0.1) is 93.7 Å². The summed E-state index contributed by atoms with van der Waals surface area (Å²) in [5.74, 6) is -0.167.